The number of hydrogen-bond acceptors (Lipinski definition) is 3. The summed E-state index contributed by atoms with van der Waals surface area (Å²) in [4.78, 5) is 18.5. The number of aromatic nitrogens is 1. The van der Waals surface area contributed by atoms with Crippen LogP contribution >= 0.6 is 11.6 Å². The lowest BCUT2D eigenvalue weighted by Gasteiger charge is -2.17. The fraction of sp³-hybridized carbons (Fsp3) is 0.571. The normalized spacial score (nSPS) is 18.7. The summed E-state index contributed by atoms with van der Waals surface area (Å²) in [6.45, 7) is 6.71. The number of amides is 1. The largest absolute Gasteiger partial charge is 0.370 e. The topological polar surface area (TPSA) is 45.2 Å². The summed E-state index contributed by atoms with van der Waals surface area (Å²) in [7, 11) is 0. The van der Waals surface area contributed by atoms with Crippen LogP contribution in [0.15, 0.2) is 12.3 Å². The molecule has 0 aromatic carbocycles. The second-order valence-electron chi connectivity index (χ2n) is 5.12. The maximum Gasteiger partial charge on any atom is 0.255 e. The molecule has 0 radical (unpaired) electrons. The molecule has 1 atom stereocenters. The van der Waals surface area contributed by atoms with E-state index < -0.39 is 0 Å². The van der Waals surface area contributed by atoms with Crippen molar-refractivity contribution in [2.75, 3.05) is 25.0 Å². The van der Waals surface area contributed by atoms with Crippen LogP contribution in [0, 0.1) is 5.92 Å². The molecule has 1 aromatic heterocycles. The van der Waals surface area contributed by atoms with E-state index in [1.54, 1.807) is 12.3 Å². The number of halogens is 1. The zero-order chi connectivity index (χ0) is 13.8. The number of hydrogen-bond donors (Lipinski definition) is 1. The maximum atomic E-state index is 12.4. The van der Waals surface area contributed by atoms with E-state index in [4.69, 9.17) is 11.6 Å². The standard InChI is InChI=1S/C14H20ClN3O/c1-3-5-16-13-7-11(12(15)8-17-13)14(19)18-6-4-10(2)9-18/h7-8,10H,3-6,9H2,1-2H3,(H,16,17). The van der Waals surface area contributed by atoms with Crippen molar-refractivity contribution in [2.24, 2.45) is 5.92 Å². The maximum absolute atomic E-state index is 12.4. The molecule has 5 heteroatoms. The average molecular weight is 282 g/mol. The van der Waals surface area contributed by atoms with Crippen LogP contribution in [0.1, 0.15) is 37.0 Å². The van der Waals surface area contributed by atoms with Crippen molar-refractivity contribution >= 4 is 23.3 Å². The second-order valence-corrected chi connectivity index (χ2v) is 5.53. The summed E-state index contributed by atoms with van der Waals surface area (Å²) in [5, 5.41) is 3.60. The molecule has 2 rings (SSSR count). The number of carbonyl (C=O) groups excluding carboxylic acids is 1. The Morgan fingerprint density at radius 3 is 3.05 bits per heavy atom. The van der Waals surface area contributed by atoms with Gasteiger partial charge in [0.05, 0.1) is 10.6 Å². The van der Waals surface area contributed by atoms with E-state index in [0.29, 0.717) is 22.3 Å². The molecule has 0 aliphatic carbocycles. The van der Waals surface area contributed by atoms with E-state index >= 15 is 0 Å². The predicted octanol–water partition coefficient (Wildman–Crippen LogP) is 3.04. The zero-order valence-electron chi connectivity index (χ0n) is 11.4. The Morgan fingerprint density at radius 1 is 1.63 bits per heavy atom. The number of pyridine rings is 1. The number of nitrogens with zero attached hydrogens (tertiary/aromatic N) is 2. The van der Waals surface area contributed by atoms with Crippen LogP contribution in [0.4, 0.5) is 5.82 Å². The van der Waals surface area contributed by atoms with Gasteiger partial charge in [0, 0.05) is 25.8 Å². The SMILES string of the molecule is CCCNc1cc(C(=O)N2CCC(C)C2)c(Cl)cn1. The lowest BCUT2D eigenvalue weighted by molar-refractivity contribution is 0.0788. The molecular weight excluding hydrogens is 262 g/mol. The fourth-order valence-electron chi connectivity index (χ4n) is 2.24. The van der Waals surface area contributed by atoms with E-state index in [-0.39, 0.29) is 5.91 Å². The zero-order valence-corrected chi connectivity index (χ0v) is 12.2. The minimum atomic E-state index is 0.0105. The molecule has 2 heterocycles. The monoisotopic (exact) mass is 281 g/mol. The van der Waals surface area contributed by atoms with Crippen molar-refractivity contribution in [3.63, 3.8) is 0 Å². The average Bonchev–Trinajstić information content (AvgIpc) is 2.84. The van der Waals surface area contributed by atoms with Crippen molar-refractivity contribution in [2.45, 2.75) is 26.7 Å². The second kappa shape index (κ2) is 6.24. The molecule has 1 saturated heterocycles. The van der Waals surface area contributed by atoms with E-state index in [2.05, 4.69) is 24.1 Å². The fourth-order valence-corrected chi connectivity index (χ4v) is 2.43. The first-order chi connectivity index (χ1) is 9.11. The Balaban J connectivity index is 2.15. The highest BCUT2D eigenvalue weighted by molar-refractivity contribution is 6.33. The molecule has 4 nitrogen and oxygen atoms in total. The minimum absolute atomic E-state index is 0.0105. The Bertz CT molecular complexity index is 464. The first kappa shape index (κ1) is 14.1. The summed E-state index contributed by atoms with van der Waals surface area (Å²) in [5.74, 6) is 1.29. The molecule has 1 aromatic rings. The molecule has 1 fully saturated rings. The van der Waals surface area contributed by atoms with Crippen LogP contribution in [0.25, 0.3) is 0 Å². The molecular formula is C14H20ClN3O. The van der Waals surface area contributed by atoms with Crippen LogP contribution < -0.4 is 5.32 Å². The lowest BCUT2D eigenvalue weighted by Crippen LogP contribution is -2.28. The van der Waals surface area contributed by atoms with Crippen molar-refractivity contribution in [1.82, 2.24) is 9.88 Å². The number of anilines is 1. The van der Waals surface area contributed by atoms with Crippen molar-refractivity contribution < 1.29 is 4.79 Å². The third kappa shape index (κ3) is 3.38. The molecule has 1 aliphatic heterocycles. The molecule has 1 N–H and O–H groups in total. The van der Waals surface area contributed by atoms with Crippen LogP contribution in [0.5, 0.6) is 0 Å². The molecule has 1 unspecified atom stereocenters. The smallest absolute Gasteiger partial charge is 0.255 e. The molecule has 1 aliphatic rings. The van der Waals surface area contributed by atoms with Gasteiger partial charge >= 0.3 is 0 Å². The van der Waals surface area contributed by atoms with Gasteiger partial charge in [0.1, 0.15) is 5.82 Å². The summed E-state index contributed by atoms with van der Waals surface area (Å²) < 4.78 is 0. The lowest BCUT2D eigenvalue weighted by atomic mass is 10.2. The highest BCUT2D eigenvalue weighted by Crippen LogP contribution is 2.23. The summed E-state index contributed by atoms with van der Waals surface area (Å²) in [6.07, 6.45) is 3.62. The van der Waals surface area contributed by atoms with Crippen LogP contribution in [0.2, 0.25) is 5.02 Å². The Kier molecular flexibility index (Phi) is 4.64. The highest BCUT2D eigenvalue weighted by Gasteiger charge is 2.25. The number of likely N-dealkylation sites (tertiary alicyclic amines) is 1. The Labute approximate surface area is 119 Å². The molecule has 19 heavy (non-hydrogen) atoms. The first-order valence-electron chi connectivity index (χ1n) is 6.80. The van der Waals surface area contributed by atoms with Gasteiger partial charge in [-0.3, -0.25) is 4.79 Å². The molecule has 1 amide bonds. The molecule has 0 bridgehead atoms. The van der Waals surface area contributed by atoms with Crippen molar-refractivity contribution in [1.29, 1.82) is 0 Å². The first-order valence-corrected chi connectivity index (χ1v) is 7.18. The van der Waals surface area contributed by atoms with E-state index in [0.717, 1.165) is 32.5 Å². The van der Waals surface area contributed by atoms with E-state index in [9.17, 15) is 4.79 Å². The third-order valence-electron chi connectivity index (χ3n) is 3.35. The van der Waals surface area contributed by atoms with E-state index in [1.807, 2.05) is 4.90 Å². The van der Waals surface area contributed by atoms with Crippen molar-refractivity contribution in [3.8, 4) is 0 Å². The number of rotatable bonds is 4. The van der Waals surface area contributed by atoms with Gasteiger partial charge in [-0.15, -0.1) is 0 Å². The van der Waals surface area contributed by atoms with Crippen LogP contribution in [-0.2, 0) is 0 Å². The quantitative estimate of drug-likeness (QED) is 0.923. The Hall–Kier alpha value is -1.29. The number of nitrogens with one attached hydrogen (secondary N) is 1. The van der Waals surface area contributed by atoms with Gasteiger partial charge in [0.15, 0.2) is 0 Å². The van der Waals surface area contributed by atoms with Crippen LogP contribution in [0.3, 0.4) is 0 Å². The highest BCUT2D eigenvalue weighted by atomic mass is 35.5. The molecule has 0 saturated carbocycles. The van der Waals surface area contributed by atoms with Gasteiger partial charge in [0.2, 0.25) is 0 Å². The summed E-state index contributed by atoms with van der Waals surface area (Å²) in [5.41, 5.74) is 0.546. The Morgan fingerprint density at radius 2 is 2.42 bits per heavy atom. The van der Waals surface area contributed by atoms with Gasteiger partial charge < -0.3 is 10.2 Å². The molecule has 0 spiro atoms. The van der Waals surface area contributed by atoms with Gasteiger partial charge in [-0.1, -0.05) is 25.4 Å². The van der Waals surface area contributed by atoms with E-state index in [1.165, 1.54) is 0 Å². The van der Waals surface area contributed by atoms with Crippen LogP contribution in [-0.4, -0.2) is 35.4 Å². The summed E-state index contributed by atoms with van der Waals surface area (Å²) >= 11 is 6.10. The summed E-state index contributed by atoms with van der Waals surface area (Å²) in [6, 6.07) is 1.75. The molecule has 104 valence electrons. The van der Waals surface area contributed by atoms with Crippen molar-refractivity contribution in [3.05, 3.63) is 22.8 Å². The van der Waals surface area contributed by atoms with Gasteiger partial charge in [-0.2, -0.15) is 0 Å². The minimum Gasteiger partial charge on any atom is -0.370 e. The predicted molar refractivity (Wildman–Crippen MR) is 77.7 cm³/mol. The van der Waals surface area contributed by atoms with Gasteiger partial charge in [-0.25, -0.2) is 4.98 Å². The third-order valence-corrected chi connectivity index (χ3v) is 3.65. The number of carbonyl (C=O) groups is 1. The van der Waals surface area contributed by atoms with Gasteiger partial charge in [-0.05, 0) is 24.8 Å². The van der Waals surface area contributed by atoms with Gasteiger partial charge in [0.25, 0.3) is 5.91 Å².